The summed E-state index contributed by atoms with van der Waals surface area (Å²) in [6.07, 6.45) is 3.19. The summed E-state index contributed by atoms with van der Waals surface area (Å²) in [6, 6.07) is 5.84. The van der Waals surface area contributed by atoms with E-state index in [0.717, 1.165) is 28.8 Å². The Morgan fingerprint density at radius 3 is 2.77 bits per heavy atom. The first kappa shape index (κ1) is 9.50. The van der Waals surface area contributed by atoms with Crippen LogP contribution in [0.15, 0.2) is 22.7 Å². The van der Waals surface area contributed by atoms with Crippen LogP contribution >= 0.6 is 27.5 Å². The average molecular weight is 261 g/mol. The molecule has 0 radical (unpaired) electrons. The van der Waals surface area contributed by atoms with E-state index in [1.54, 1.807) is 0 Å². The maximum Gasteiger partial charge on any atom is 0.0409 e. The van der Waals surface area contributed by atoms with Crippen molar-refractivity contribution in [2.45, 2.75) is 24.8 Å². The highest BCUT2D eigenvalue weighted by molar-refractivity contribution is 9.10. The maximum atomic E-state index is 6.03. The lowest BCUT2D eigenvalue weighted by Gasteiger charge is -2.10. The first-order valence-corrected chi connectivity index (χ1v) is 5.49. The van der Waals surface area contributed by atoms with Crippen LogP contribution in [0.25, 0.3) is 0 Å². The van der Waals surface area contributed by atoms with Gasteiger partial charge in [0.1, 0.15) is 0 Å². The molecule has 2 rings (SSSR count). The van der Waals surface area contributed by atoms with Gasteiger partial charge in [-0.15, -0.1) is 0 Å². The van der Waals surface area contributed by atoms with Crippen molar-refractivity contribution in [3.05, 3.63) is 33.3 Å². The van der Waals surface area contributed by atoms with E-state index in [4.69, 9.17) is 17.3 Å². The molecule has 0 saturated heterocycles. The van der Waals surface area contributed by atoms with Crippen LogP contribution in [0.3, 0.4) is 0 Å². The lowest BCUT2D eigenvalue weighted by Crippen LogP contribution is -2.24. The molecular formula is C10H11BrClN. The molecule has 3 heteroatoms. The molecule has 0 spiro atoms. The number of benzene rings is 1. The Kier molecular flexibility index (Phi) is 2.39. The third-order valence-corrected chi connectivity index (χ3v) is 3.45. The summed E-state index contributed by atoms with van der Waals surface area (Å²) in [7, 11) is 0. The van der Waals surface area contributed by atoms with E-state index in [9.17, 15) is 0 Å². The number of rotatable bonds is 2. The second kappa shape index (κ2) is 3.26. The van der Waals surface area contributed by atoms with Gasteiger partial charge in [-0.25, -0.2) is 0 Å². The quantitative estimate of drug-likeness (QED) is 0.869. The van der Waals surface area contributed by atoms with E-state index < -0.39 is 0 Å². The minimum Gasteiger partial charge on any atom is -0.325 e. The van der Waals surface area contributed by atoms with Crippen LogP contribution < -0.4 is 5.73 Å². The zero-order valence-electron chi connectivity index (χ0n) is 7.19. The largest absolute Gasteiger partial charge is 0.325 e. The summed E-state index contributed by atoms with van der Waals surface area (Å²) >= 11 is 9.40. The van der Waals surface area contributed by atoms with E-state index in [1.807, 2.05) is 18.2 Å². The number of hydrogen-bond acceptors (Lipinski definition) is 1. The van der Waals surface area contributed by atoms with Crippen LogP contribution in [-0.2, 0) is 6.42 Å². The Labute approximate surface area is 91.4 Å². The molecule has 1 nitrogen and oxygen atoms in total. The molecule has 0 heterocycles. The molecule has 0 amide bonds. The van der Waals surface area contributed by atoms with Crippen molar-refractivity contribution >= 4 is 27.5 Å². The molecular weight excluding hydrogens is 249 g/mol. The van der Waals surface area contributed by atoms with E-state index >= 15 is 0 Å². The van der Waals surface area contributed by atoms with Crippen molar-refractivity contribution in [1.82, 2.24) is 0 Å². The van der Waals surface area contributed by atoms with E-state index in [2.05, 4.69) is 15.9 Å². The molecule has 1 aromatic rings. The van der Waals surface area contributed by atoms with Gasteiger partial charge in [-0.3, -0.25) is 0 Å². The van der Waals surface area contributed by atoms with Gasteiger partial charge in [0.2, 0.25) is 0 Å². The van der Waals surface area contributed by atoms with Crippen molar-refractivity contribution in [2.24, 2.45) is 5.73 Å². The normalized spacial score (nSPS) is 18.7. The summed E-state index contributed by atoms with van der Waals surface area (Å²) in [4.78, 5) is 0. The van der Waals surface area contributed by atoms with Crippen molar-refractivity contribution in [3.8, 4) is 0 Å². The van der Waals surface area contributed by atoms with Gasteiger partial charge in [0, 0.05) is 15.0 Å². The molecule has 0 unspecified atom stereocenters. The molecule has 1 aliphatic carbocycles. The zero-order chi connectivity index (χ0) is 9.47. The minimum atomic E-state index is 0.0488. The molecule has 0 aliphatic heterocycles. The fourth-order valence-electron chi connectivity index (χ4n) is 1.40. The highest BCUT2D eigenvalue weighted by Gasteiger charge is 2.38. The van der Waals surface area contributed by atoms with Crippen molar-refractivity contribution < 1.29 is 0 Å². The van der Waals surface area contributed by atoms with Gasteiger partial charge in [0.05, 0.1) is 0 Å². The molecule has 1 saturated carbocycles. The third kappa shape index (κ3) is 2.25. The molecule has 0 atom stereocenters. The average Bonchev–Trinajstić information content (AvgIpc) is 2.76. The standard InChI is InChI=1S/C10H11BrClN/c11-9-2-1-8(12)5-7(9)6-10(13)3-4-10/h1-2,5H,3-4,6,13H2. The van der Waals surface area contributed by atoms with Crippen LogP contribution in [0.4, 0.5) is 0 Å². The number of nitrogens with two attached hydrogens (primary N) is 1. The third-order valence-electron chi connectivity index (χ3n) is 2.44. The number of hydrogen-bond donors (Lipinski definition) is 1. The summed E-state index contributed by atoms with van der Waals surface area (Å²) < 4.78 is 1.11. The molecule has 1 fully saturated rings. The summed E-state index contributed by atoms with van der Waals surface area (Å²) in [5.41, 5.74) is 7.30. The molecule has 1 aliphatic rings. The Morgan fingerprint density at radius 2 is 2.15 bits per heavy atom. The topological polar surface area (TPSA) is 26.0 Å². The van der Waals surface area contributed by atoms with Crippen LogP contribution in [-0.4, -0.2) is 5.54 Å². The summed E-state index contributed by atoms with van der Waals surface area (Å²) in [5, 5.41) is 0.780. The summed E-state index contributed by atoms with van der Waals surface area (Å²) in [6.45, 7) is 0. The minimum absolute atomic E-state index is 0.0488. The fourth-order valence-corrected chi connectivity index (χ4v) is 1.98. The second-order valence-electron chi connectivity index (χ2n) is 3.77. The highest BCUT2D eigenvalue weighted by Crippen LogP contribution is 2.37. The predicted octanol–water partition coefficient (Wildman–Crippen LogP) is 3.14. The predicted molar refractivity (Wildman–Crippen MR) is 59.0 cm³/mol. The first-order chi connectivity index (χ1) is 6.09. The Bertz CT molecular complexity index is 334. The monoisotopic (exact) mass is 259 g/mol. The zero-order valence-corrected chi connectivity index (χ0v) is 9.53. The van der Waals surface area contributed by atoms with Gasteiger partial charge in [-0.2, -0.15) is 0 Å². The first-order valence-electron chi connectivity index (χ1n) is 4.32. The van der Waals surface area contributed by atoms with E-state index in [0.29, 0.717) is 0 Å². The maximum absolute atomic E-state index is 6.03. The van der Waals surface area contributed by atoms with Crippen molar-refractivity contribution in [3.63, 3.8) is 0 Å². The lowest BCUT2D eigenvalue weighted by molar-refractivity contribution is 0.670. The smallest absolute Gasteiger partial charge is 0.0409 e. The van der Waals surface area contributed by atoms with E-state index in [1.165, 1.54) is 5.56 Å². The van der Waals surface area contributed by atoms with Crippen LogP contribution in [0.2, 0.25) is 5.02 Å². The Hall–Kier alpha value is -0.0500. The second-order valence-corrected chi connectivity index (χ2v) is 5.07. The SMILES string of the molecule is NC1(Cc2cc(Cl)ccc2Br)CC1. The van der Waals surface area contributed by atoms with Crippen LogP contribution in [0.5, 0.6) is 0 Å². The number of halogens is 2. The lowest BCUT2D eigenvalue weighted by atomic mass is 10.1. The van der Waals surface area contributed by atoms with Gasteiger partial charge in [0.15, 0.2) is 0 Å². The molecule has 0 aromatic heterocycles. The van der Waals surface area contributed by atoms with Gasteiger partial charge >= 0.3 is 0 Å². The molecule has 0 bridgehead atoms. The molecule has 2 N–H and O–H groups in total. The Morgan fingerprint density at radius 1 is 1.46 bits per heavy atom. The van der Waals surface area contributed by atoms with Gasteiger partial charge in [-0.1, -0.05) is 27.5 Å². The summed E-state index contributed by atoms with van der Waals surface area (Å²) in [5.74, 6) is 0. The molecule has 13 heavy (non-hydrogen) atoms. The highest BCUT2D eigenvalue weighted by atomic mass is 79.9. The fraction of sp³-hybridized carbons (Fsp3) is 0.400. The van der Waals surface area contributed by atoms with Crippen molar-refractivity contribution in [1.29, 1.82) is 0 Å². The van der Waals surface area contributed by atoms with Gasteiger partial charge < -0.3 is 5.73 Å². The molecule has 70 valence electrons. The van der Waals surface area contributed by atoms with Gasteiger partial charge in [-0.05, 0) is 43.0 Å². The molecule has 1 aromatic carbocycles. The van der Waals surface area contributed by atoms with E-state index in [-0.39, 0.29) is 5.54 Å². The Balaban J connectivity index is 2.23. The van der Waals surface area contributed by atoms with Crippen LogP contribution in [0, 0.1) is 0 Å². The van der Waals surface area contributed by atoms with Crippen LogP contribution in [0.1, 0.15) is 18.4 Å². The van der Waals surface area contributed by atoms with Crippen molar-refractivity contribution in [2.75, 3.05) is 0 Å². The van der Waals surface area contributed by atoms with Gasteiger partial charge in [0.25, 0.3) is 0 Å².